The first-order chi connectivity index (χ1) is 7.50. The summed E-state index contributed by atoms with van der Waals surface area (Å²) in [5, 5.41) is 6.86. The van der Waals surface area contributed by atoms with Gasteiger partial charge in [0.05, 0.1) is 6.20 Å². The molecular weight excluding hydrogens is 254 g/mol. The van der Waals surface area contributed by atoms with E-state index in [1.54, 1.807) is 0 Å². The number of halogens is 1. The molecule has 0 aromatic carbocycles. The molecule has 2 rings (SSSR count). The molecule has 0 saturated heterocycles. The zero-order valence-electron chi connectivity index (χ0n) is 8.07. The highest BCUT2D eigenvalue weighted by molar-refractivity contribution is 8.13. The summed E-state index contributed by atoms with van der Waals surface area (Å²) >= 11 is 0. The molecule has 0 N–H and O–H groups in total. The third kappa shape index (κ3) is 1.89. The minimum absolute atomic E-state index is 0.285. The van der Waals surface area contributed by atoms with Gasteiger partial charge in [0.15, 0.2) is 5.82 Å². The zero-order chi connectivity index (χ0) is 11.8. The Balaban J connectivity index is 2.59. The third-order valence-electron chi connectivity index (χ3n) is 1.85. The van der Waals surface area contributed by atoms with Crippen LogP contribution < -0.4 is 0 Å². The minimum Gasteiger partial charge on any atom is -0.299 e. The summed E-state index contributed by atoms with van der Waals surface area (Å²) in [6.07, 6.45) is 4.42. The molecule has 0 amide bonds. The molecule has 2 heterocycles. The Labute approximate surface area is 95.6 Å². The molecule has 0 unspecified atom stereocenters. The van der Waals surface area contributed by atoms with E-state index in [2.05, 4.69) is 20.2 Å². The lowest BCUT2D eigenvalue weighted by Crippen LogP contribution is -2.03. The van der Waals surface area contributed by atoms with Crippen molar-refractivity contribution in [1.29, 1.82) is 0 Å². The molecule has 2 aromatic rings. The number of rotatable bonds is 2. The smallest absolute Gasteiger partial charge is 0.296 e. The van der Waals surface area contributed by atoms with Gasteiger partial charge in [0.1, 0.15) is 5.69 Å². The van der Waals surface area contributed by atoms with Gasteiger partial charge in [0.2, 0.25) is 0 Å². The van der Waals surface area contributed by atoms with Crippen LogP contribution in [0.4, 0.5) is 0 Å². The standard InChI is InChI=1S/C7H6ClN5O2S/c1-13-6(5-4-9-2-3-10-5)11-12-7(13)16(8,14)15/h2-4H,1H3. The molecule has 0 aliphatic carbocycles. The molecular formula is C7H6ClN5O2S. The number of nitrogens with zero attached hydrogens (tertiary/aromatic N) is 5. The fraction of sp³-hybridized carbons (Fsp3) is 0.143. The molecule has 84 valence electrons. The lowest BCUT2D eigenvalue weighted by molar-refractivity contribution is 0.593. The van der Waals surface area contributed by atoms with Crippen LogP contribution in [0.15, 0.2) is 23.7 Å². The van der Waals surface area contributed by atoms with E-state index in [-0.39, 0.29) is 11.0 Å². The van der Waals surface area contributed by atoms with Crippen LogP contribution in [0.5, 0.6) is 0 Å². The van der Waals surface area contributed by atoms with Crippen LogP contribution in [0.25, 0.3) is 11.5 Å². The van der Waals surface area contributed by atoms with E-state index in [4.69, 9.17) is 10.7 Å². The van der Waals surface area contributed by atoms with Gasteiger partial charge in [-0.05, 0) is 0 Å². The zero-order valence-corrected chi connectivity index (χ0v) is 9.64. The quantitative estimate of drug-likeness (QED) is 0.716. The first-order valence-corrected chi connectivity index (χ1v) is 6.41. The molecule has 0 atom stereocenters. The van der Waals surface area contributed by atoms with Gasteiger partial charge < -0.3 is 0 Å². The second kappa shape index (κ2) is 3.80. The second-order valence-electron chi connectivity index (χ2n) is 2.89. The van der Waals surface area contributed by atoms with Crippen LogP contribution >= 0.6 is 10.7 Å². The predicted molar refractivity (Wildman–Crippen MR) is 55.1 cm³/mol. The van der Waals surface area contributed by atoms with Crippen molar-refractivity contribution in [2.24, 2.45) is 7.05 Å². The Kier molecular flexibility index (Phi) is 2.60. The molecule has 9 heteroatoms. The van der Waals surface area contributed by atoms with Crippen molar-refractivity contribution < 1.29 is 8.42 Å². The van der Waals surface area contributed by atoms with E-state index in [1.807, 2.05) is 0 Å². The predicted octanol–water partition coefficient (Wildman–Crippen LogP) is 0.200. The van der Waals surface area contributed by atoms with Gasteiger partial charge in [-0.3, -0.25) is 9.55 Å². The van der Waals surface area contributed by atoms with Crippen LogP contribution in [-0.4, -0.2) is 33.2 Å². The maximum absolute atomic E-state index is 11.1. The molecule has 0 aliphatic rings. The van der Waals surface area contributed by atoms with E-state index in [1.165, 1.54) is 30.2 Å². The highest BCUT2D eigenvalue weighted by Gasteiger charge is 2.21. The van der Waals surface area contributed by atoms with Crippen molar-refractivity contribution in [1.82, 2.24) is 24.7 Å². The summed E-state index contributed by atoms with van der Waals surface area (Å²) < 4.78 is 23.5. The van der Waals surface area contributed by atoms with Crippen LogP contribution in [0.2, 0.25) is 0 Å². The monoisotopic (exact) mass is 259 g/mol. The molecule has 2 aromatic heterocycles. The van der Waals surface area contributed by atoms with Crippen LogP contribution in [0, 0.1) is 0 Å². The topological polar surface area (TPSA) is 90.6 Å². The summed E-state index contributed by atoms with van der Waals surface area (Å²) in [5.74, 6) is 0.285. The van der Waals surface area contributed by atoms with Gasteiger partial charge in [0, 0.05) is 30.1 Å². The molecule has 0 radical (unpaired) electrons. The molecule has 0 aliphatic heterocycles. The highest BCUT2D eigenvalue weighted by Crippen LogP contribution is 2.18. The fourth-order valence-corrected chi connectivity index (χ4v) is 2.12. The van der Waals surface area contributed by atoms with Crippen LogP contribution in [0.1, 0.15) is 0 Å². The summed E-state index contributed by atoms with van der Waals surface area (Å²) in [7, 11) is 2.76. The second-order valence-corrected chi connectivity index (χ2v) is 5.35. The Morgan fingerprint density at radius 2 is 2.06 bits per heavy atom. The normalized spacial score (nSPS) is 11.6. The van der Waals surface area contributed by atoms with Gasteiger partial charge in [-0.2, -0.15) is 0 Å². The Morgan fingerprint density at radius 1 is 1.31 bits per heavy atom. The fourth-order valence-electron chi connectivity index (χ4n) is 1.16. The SMILES string of the molecule is Cn1c(-c2cnccn2)nnc1S(=O)(=O)Cl. The maximum Gasteiger partial charge on any atom is 0.296 e. The number of aromatic nitrogens is 5. The minimum atomic E-state index is -3.91. The average molecular weight is 260 g/mol. The Bertz CT molecular complexity index is 609. The first-order valence-electron chi connectivity index (χ1n) is 4.10. The largest absolute Gasteiger partial charge is 0.299 e. The molecule has 0 saturated carbocycles. The summed E-state index contributed by atoms with van der Waals surface area (Å²) in [4.78, 5) is 7.83. The molecule has 7 nitrogen and oxygen atoms in total. The van der Waals surface area contributed by atoms with Crippen molar-refractivity contribution in [3.05, 3.63) is 18.6 Å². The van der Waals surface area contributed by atoms with Gasteiger partial charge in [-0.15, -0.1) is 10.2 Å². The highest BCUT2D eigenvalue weighted by atomic mass is 35.7. The maximum atomic E-state index is 11.1. The van der Waals surface area contributed by atoms with Crippen molar-refractivity contribution >= 4 is 19.7 Å². The van der Waals surface area contributed by atoms with E-state index in [9.17, 15) is 8.42 Å². The summed E-state index contributed by atoms with van der Waals surface area (Å²) in [5.41, 5.74) is 0.420. The average Bonchev–Trinajstić information content (AvgIpc) is 2.61. The van der Waals surface area contributed by atoms with E-state index in [0.717, 1.165) is 0 Å². The molecule has 0 bridgehead atoms. The van der Waals surface area contributed by atoms with Crippen LogP contribution in [-0.2, 0) is 16.1 Å². The molecule has 16 heavy (non-hydrogen) atoms. The lowest BCUT2D eigenvalue weighted by atomic mass is 10.4. The van der Waals surface area contributed by atoms with E-state index in [0.29, 0.717) is 5.69 Å². The van der Waals surface area contributed by atoms with Gasteiger partial charge in [-0.25, -0.2) is 13.4 Å². The van der Waals surface area contributed by atoms with Gasteiger partial charge >= 0.3 is 0 Å². The number of hydrogen-bond donors (Lipinski definition) is 0. The van der Waals surface area contributed by atoms with Crippen molar-refractivity contribution in [2.45, 2.75) is 5.16 Å². The van der Waals surface area contributed by atoms with E-state index >= 15 is 0 Å². The van der Waals surface area contributed by atoms with E-state index < -0.39 is 9.05 Å². The van der Waals surface area contributed by atoms with Gasteiger partial charge in [0.25, 0.3) is 14.2 Å². The van der Waals surface area contributed by atoms with Crippen molar-refractivity contribution in [3.63, 3.8) is 0 Å². The van der Waals surface area contributed by atoms with Gasteiger partial charge in [-0.1, -0.05) is 0 Å². The van der Waals surface area contributed by atoms with Crippen molar-refractivity contribution in [2.75, 3.05) is 0 Å². The van der Waals surface area contributed by atoms with Crippen molar-refractivity contribution in [3.8, 4) is 11.5 Å². The first kappa shape index (κ1) is 11.0. The number of hydrogen-bond acceptors (Lipinski definition) is 6. The van der Waals surface area contributed by atoms with Crippen LogP contribution in [0.3, 0.4) is 0 Å². The Morgan fingerprint density at radius 3 is 2.56 bits per heavy atom. The molecule has 0 fully saturated rings. The Hall–Kier alpha value is -1.54. The lowest BCUT2D eigenvalue weighted by Gasteiger charge is -1.99. The molecule has 0 spiro atoms. The summed E-state index contributed by atoms with van der Waals surface area (Å²) in [6, 6.07) is 0. The third-order valence-corrected chi connectivity index (χ3v) is 3.05. The summed E-state index contributed by atoms with van der Waals surface area (Å²) in [6.45, 7) is 0.